The second-order valence-corrected chi connectivity index (χ2v) is 6.68. The number of amidine groups is 1. The highest BCUT2D eigenvalue weighted by atomic mass is 16.4. The van der Waals surface area contributed by atoms with E-state index < -0.39 is 17.7 Å². The molecule has 3 rings (SSSR count). The van der Waals surface area contributed by atoms with Crippen LogP contribution in [0.2, 0.25) is 0 Å². The molecule has 1 saturated heterocycles. The summed E-state index contributed by atoms with van der Waals surface area (Å²) in [6, 6.07) is 5.58. The van der Waals surface area contributed by atoms with E-state index in [0.717, 1.165) is 44.8 Å². The first kappa shape index (κ1) is 18.4. The van der Waals surface area contributed by atoms with Crippen LogP contribution >= 0.6 is 0 Å². The van der Waals surface area contributed by atoms with Gasteiger partial charge in [-0.25, -0.2) is 0 Å². The van der Waals surface area contributed by atoms with Crippen LogP contribution in [0, 0.1) is 5.92 Å². The molecule has 1 aromatic rings. The van der Waals surface area contributed by atoms with E-state index in [1.54, 1.807) is 6.07 Å². The van der Waals surface area contributed by atoms with Crippen LogP contribution in [0.5, 0.6) is 0 Å². The molecule has 26 heavy (non-hydrogen) atoms. The highest BCUT2D eigenvalue weighted by Crippen LogP contribution is 2.31. The maximum Gasteiger partial charge on any atom is 0.322 e. The Morgan fingerprint density at radius 3 is 2.62 bits per heavy atom. The number of fused-ring (bicyclic) bond motifs is 1. The standard InChI is InChI=1S/C19H26N4O3/c1-3-7-22-8-10-23(11-9-22)13-5-6-14-15(12-13)21-18(20-4-2)16(17(14)24)19(25)26/h5-6,12,16H,3-4,7-11H2,1-2H3,(H,20,21)(H,25,26). The van der Waals surface area contributed by atoms with Gasteiger partial charge in [0.15, 0.2) is 11.7 Å². The van der Waals surface area contributed by atoms with Crippen LogP contribution in [0.15, 0.2) is 23.2 Å². The molecule has 2 aliphatic heterocycles. The van der Waals surface area contributed by atoms with Crippen LogP contribution in [0.3, 0.4) is 0 Å². The molecule has 0 aromatic heterocycles. The van der Waals surface area contributed by atoms with Crippen LogP contribution in [-0.2, 0) is 4.79 Å². The van der Waals surface area contributed by atoms with Gasteiger partial charge in [0.25, 0.3) is 0 Å². The fourth-order valence-corrected chi connectivity index (χ4v) is 3.61. The second kappa shape index (κ2) is 7.86. The van der Waals surface area contributed by atoms with Gasteiger partial charge in [0.05, 0.1) is 5.69 Å². The van der Waals surface area contributed by atoms with E-state index in [1.807, 2.05) is 19.1 Å². The molecule has 140 valence electrons. The fourth-order valence-electron chi connectivity index (χ4n) is 3.61. The summed E-state index contributed by atoms with van der Waals surface area (Å²) in [4.78, 5) is 33.1. The minimum atomic E-state index is -1.24. The van der Waals surface area contributed by atoms with Crippen LogP contribution < -0.4 is 10.2 Å². The number of hydrogen-bond donors (Lipinski definition) is 2. The number of carbonyl (C=O) groups is 2. The number of carboxylic acids is 1. The van der Waals surface area contributed by atoms with Crippen molar-refractivity contribution in [1.29, 1.82) is 0 Å². The van der Waals surface area contributed by atoms with Gasteiger partial charge < -0.3 is 15.3 Å². The SMILES string of the molecule is CCCN1CCN(c2ccc3c(c2)NC(=NCC)C(C(=O)O)C3=O)CC1. The molecule has 0 saturated carbocycles. The summed E-state index contributed by atoms with van der Waals surface area (Å²) >= 11 is 0. The summed E-state index contributed by atoms with van der Waals surface area (Å²) in [5.41, 5.74) is 2.11. The van der Waals surface area contributed by atoms with Gasteiger partial charge in [-0.15, -0.1) is 0 Å². The van der Waals surface area contributed by atoms with Crippen molar-refractivity contribution in [2.24, 2.45) is 10.9 Å². The number of rotatable bonds is 5. The minimum Gasteiger partial charge on any atom is -0.480 e. The Kier molecular flexibility index (Phi) is 5.56. The normalized spacial score (nSPS) is 22.2. The Labute approximate surface area is 153 Å². The van der Waals surface area contributed by atoms with Crippen molar-refractivity contribution in [1.82, 2.24) is 4.90 Å². The number of ketones is 1. The molecule has 1 atom stereocenters. The summed E-state index contributed by atoms with van der Waals surface area (Å²) in [6.45, 7) is 9.51. The molecule has 0 aliphatic carbocycles. The largest absolute Gasteiger partial charge is 0.480 e. The summed E-state index contributed by atoms with van der Waals surface area (Å²) in [5.74, 6) is -2.59. The van der Waals surface area contributed by atoms with E-state index >= 15 is 0 Å². The van der Waals surface area contributed by atoms with E-state index in [2.05, 4.69) is 27.0 Å². The number of nitrogens with zero attached hydrogens (tertiary/aromatic N) is 3. The van der Waals surface area contributed by atoms with Crippen molar-refractivity contribution >= 4 is 29.0 Å². The van der Waals surface area contributed by atoms with E-state index in [-0.39, 0.29) is 5.84 Å². The molecule has 7 nitrogen and oxygen atoms in total. The first-order valence-electron chi connectivity index (χ1n) is 9.24. The maximum absolute atomic E-state index is 12.6. The van der Waals surface area contributed by atoms with Gasteiger partial charge in [-0.05, 0) is 38.1 Å². The molecular formula is C19H26N4O3. The van der Waals surface area contributed by atoms with E-state index in [0.29, 0.717) is 17.8 Å². The predicted octanol–water partition coefficient (Wildman–Crippen LogP) is 1.95. The number of Topliss-reactive ketones (excluding diaryl/α,β-unsaturated/α-hetero) is 1. The Balaban J connectivity index is 1.83. The molecule has 2 heterocycles. The Hall–Kier alpha value is -2.41. The second-order valence-electron chi connectivity index (χ2n) is 6.68. The first-order valence-corrected chi connectivity index (χ1v) is 9.24. The fraction of sp³-hybridized carbons (Fsp3) is 0.526. The zero-order valence-corrected chi connectivity index (χ0v) is 15.4. The van der Waals surface area contributed by atoms with Crippen molar-refractivity contribution in [2.45, 2.75) is 20.3 Å². The highest BCUT2D eigenvalue weighted by molar-refractivity contribution is 6.31. The molecule has 1 unspecified atom stereocenters. The number of piperazine rings is 1. The number of carbonyl (C=O) groups excluding carboxylic acids is 1. The third-order valence-corrected chi connectivity index (χ3v) is 4.92. The summed E-state index contributed by atoms with van der Waals surface area (Å²) in [6.07, 6.45) is 1.16. The molecule has 2 N–H and O–H groups in total. The number of aliphatic imine (C=N–C) groups is 1. The van der Waals surface area contributed by atoms with Crippen LogP contribution in [0.25, 0.3) is 0 Å². The van der Waals surface area contributed by atoms with Crippen molar-refractivity contribution in [3.63, 3.8) is 0 Å². The zero-order chi connectivity index (χ0) is 18.7. The molecule has 0 bridgehead atoms. The van der Waals surface area contributed by atoms with Gasteiger partial charge >= 0.3 is 5.97 Å². The third kappa shape index (κ3) is 3.58. The van der Waals surface area contributed by atoms with Gasteiger partial charge in [0.2, 0.25) is 0 Å². The van der Waals surface area contributed by atoms with Gasteiger partial charge in [0.1, 0.15) is 5.84 Å². The summed E-state index contributed by atoms with van der Waals surface area (Å²) in [7, 11) is 0. The lowest BCUT2D eigenvalue weighted by molar-refractivity contribution is -0.137. The maximum atomic E-state index is 12.6. The number of carboxylic acid groups (broad SMARTS) is 1. The highest BCUT2D eigenvalue weighted by Gasteiger charge is 2.38. The van der Waals surface area contributed by atoms with E-state index in [9.17, 15) is 14.7 Å². The number of hydrogen-bond acceptors (Lipinski definition) is 5. The van der Waals surface area contributed by atoms with Crippen LogP contribution in [0.1, 0.15) is 30.6 Å². The topological polar surface area (TPSA) is 85.2 Å². The van der Waals surface area contributed by atoms with Gasteiger partial charge in [-0.2, -0.15) is 0 Å². The van der Waals surface area contributed by atoms with Crippen molar-refractivity contribution in [2.75, 3.05) is 49.5 Å². The Morgan fingerprint density at radius 2 is 2.00 bits per heavy atom. The molecule has 0 amide bonds. The van der Waals surface area contributed by atoms with Gasteiger partial charge in [-0.1, -0.05) is 6.92 Å². The van der Waals surface area contributed by atoms with Crippen molar-refractivity contribution < 1.29 is 14.7 Å². The number of nitrogens with one attached hydrogen (secondary N) is 1. The molecule has 7 heteroatoms. The monoisotopic (exact) mass is 358 g/mol. The molecular weight excluding hydrogens is 332 g/mol. The molecule has 0 radical (unpaired) electrons. The van der Waals surface area contributed by atoms with E-state index in [4.69, 9.17) is 0 Å². The quantitative estimate of drug-likeness (QED) is 0.783. The van der Waals surface area contributed by atoms with Gasteiger partial charge in [-0.3, -0.25) is 19.5 Å². The molecule has 2 aliphatic rings. The lowest BCUT2D eigenvalue weighted by Gasteiger charge is -2.36. The molecule has 1 fully saturated rings. The van der Waals surface area contributed by atoms with Gasteiger partial charge in [0, 0.05) is 44.0 Å². The Morgan fingerprint density at radius 1 is 1.27 bits per heavy atom. The number of aliphatic carboxylic acids is 1. The number of benzene rings is 1. The van der Waals surface area contributed by atoms with Crippen LogP contribution in [-0.4, -0.2) is 66.9 Å². The lowest BCUT2D eigenvalue weighted by atomic mass is 9.91. The Bertz CT molecular complexity index is 723. The van der Waals surface area contributed by atoms with Crippen molar-refractivity contribution in [3.05, 3.63) is 23.8 Å². The average molecular weight is 358 g/mol. The zero-order valence-electron chi connectivity index (χ0n) is 15.4. The predicted molar refractivity (Wildman–Crippen MR) is 102 cm³/mol. The smallest absolute Gasteiger partial charge is 0.322 e. The summed E-state index contributed by atoms with van der Waals surface area (Å²) in [5, 5.41) is 12.5. The lowest BCUT2D eigenvalue weighted by Crippen LogP contribution is -2.46. The molecule has 0 spiro atoms. The first-order chi connectivity index (χ1) is 12.5. The molecule has 1 aromatic carbocycles. The minimum absolute atomic E-state index is 0.224. The van der Waals surface area contributed by atoms with Crippen LogP contribution in [0.4, 0.5) is 11.4 Å². The number of anilines is 2. The van der Waals surface area contributed by atoms with Crippen molar-refractivity contribution in [3.8, 4) is 0 Å². The van der Waals surface area contributed by atoms with E-state index in [1.165, 1.54) is 0 Å². The average Bonchev–Trinajstić information content (AvgIpc) is 2.62. The summed E-state index contributed by atoms with van der Waals surface area (Å²) < 4.78 is 0. The third-order valence-electron chi connectivity index (χ3n) is 4.92.